The Balaban J connectivity index is 2.14. The van der Waals surface area contributed by atoms with Gasteiger partial charge in [-0.05, 0) is 29.8 Å². The fourth-order valence-corrected chi connectivity index (χ4v) is 2.38. The van der Waals surface area contributed by atoms with Crippen molar-refractivity contribution in [2.45, 2.75) is 13.1 Å². The molecule has 0 N–H and O–H groups in total. The molecule has 1 aromatic carbocycles. The minimum Gasteiger partial charge on any atom is -0.298 e. The van der Waals surface area contributed by atoms with Gasteiger partial charge in [-0.1, -0.05) is 24.3 Å². The van der Waals surface area contributed by atoms with E-state index in [-0.39, 0.29) is 0 Å². The summed E-state index contributed by atoms with van der Waals surface area (Å²) in [7, 11) is 2.16. The summed E-state index contributed by atoms with van der Waals surface area (Å²) in [5.41, 5.74) is 5.45. The zero-order valence-corrected chi connectivity index (χ0v) is 9.35. The highest BCUT2D eigenvalue weighted by molar-refractivity contribution is 5.68. The first-order chi connectivity index (χ1) is 7.84. The van der Waals surface area contributed by atoms with Crippen molar-refractivity contribution in [3.8, 4) is 11.1 Å². The first-order valence-corrected chi connectivity index (χ1v) is 5.54. The number of pyridine rings is 1. The normalized spacial score (nSPS) is 15.1. The molecule has 1 aliphatic rings. The molecule has 0 atom stereocenters. The van der Waals surface area contributed by atoms with Gasteiger partial charge in [0.25, 0.3) is 0 Å². The lowest BCUT2D eigenvalue weighted by Gasteiger charge is -2.07. The second-order valence-corrected chi connectivity index (χ2v) is 4.36. The smallest absolute Gasteiger partial charge is 0.0346 e. The van der Waals surface area contributed by atoms with Gasteiger partial charge in [-0.25, -0.2) is 0 Å². The second kappa shape index (κ2) is 3.72. The molecular weight excluding hydrogens is 196 g/mol. The fourth-order valence-electron chi connectivity index (χ4n) is 2.38. The SMILES string of the molecule is CN1Cc2cccc(-c3cccnc3)c2C1. The van der Waals surface area contributed by atoms with E-state index in [1.54, 1.807) is 0 Å². The maximum atomic E-state index is 4.19. The first kappa shape index (κ1) is 9.55. The van der Waals surface area contributed by atoms with Crippen molar-refractivity contribution in [1.82, 2.24) is 9.88 Å². The van der Waals surface area contributed by atoms with E-state index in [1.165, 1.54) is 22.3 Å². The highest BCUT2D eigenvalue weighted by Gasteiger charge is 2.18. The van der Waals surface area contributed by atoms with Gasteiger partial charge >= 0.3 is 0 Å². The molecule has 80 valence electrons. The van der Waals surface area contributed by atoms with E-state index in [0.29, 0.717) is 0 Å². The van der Waals surface area contributed by atoms with Crippen LogP contribution in [-0.2, 0) is 13.1 Å². The summed E-state index contributed by atoms with van der Waals surface area (Å²) in [6.07, 6.45) is 3.76. The Morgan fingerprint density at radius 2 is 2.06 bits per heavy atom. The van der Waals surface area contributed by atoms with Gasteiger partial charge in [0.05, 0.1) is 0 Å². The molecule has 3 rings (SSSR count). The Hall–Kier alpha value is -1.67. The van der Waals surface area contributed by atoms with Gasteiger partial charge in [0, 0.05) is 31.0 Å². The van der Waals surface area contributed by atoms with Crippen LogP contribution >= 0.6 is 0 Å². The Morgan fingerprint density at radius 1 is 1.12 bits per heavy atom. The standard InChI is InChI=1S/C14H14N2/c1-16-9-12-4-2-6-13(14(12)10-16)11-5-3-7-15-8-11/h2-8H,9-10H2,1H3. The zero-order chi connectivity index (χ0) is 11.0. The van der Waals surface area contributed by atoms with Gasteiger partial charge in [0.1, 0.15) is 0 Å². The van der Waals surface area contributed by atoms with Gasteiger partial charge in [-0.3, -0.25) is 9.88 Å². The molecule has 0 saturated heterocycles. The third-order valence-electron chi connectivity index (χ3n) is 3.11. The van der Waals surface area contributed by atoms with Crippen LogP contribution in [0, 0.1) is 0 Å². The molecule has 2 heteroatoms. The maximum Gasteiger partial charge on any atom is 0.0346 e. The molecule has 2 heterocycles. The van der Waals surface area contributed by atoms with Crippen molar-refractivity contribution < 1.29 is 0 Å². The van der Waals surface area contributed by atoms with Crippen molar-refractivity contribution in [3.63, 3.8) is 0 Å². The number of nitrogens with zero attached hydrogens (tertiary/aromatic N) is 2. The average molecular weight is 210 g/mol. The quantitative estimate of drug-likeness (QED) is 0.719. The van der Waals surface area contributed by atoms with E-state index in [4.69, 9.17) is 0 Å². The monoisotopic (exact) mass is 210 g/mol. The maximum absolute atomic E-state index is 4.19. The van der Waals surface area contributed by atoms with E-state index >= 15 is 0 Å². The number of fused-ring (bicyclic) bond motifs is 1. The van der Waals surface area contributed by atoms with Crippen LogP contribution in [0.1, 0.15) is 11.1 Å². The third-order valence-corrected chi connectivity index (χ3v) is 3.11. The lowest BCUT2D eigenvalue weighted by atomic mass is 9.98. The minimum atomic E-state index is 1.04. The van der Waals surface area contributed by atoms with E-state index in [2.05, 4.69) is 41.2 Å². The highest BCUT2D eigenvalue weighted by Crippen LogP contribution is 2.31. The summed E-state index contributed by atoms with van der Waals surface area (Å²) < 4.78 is 0. The summed E-state index contributed by atoms with van der Waals surface area (Å²) in [6.45, 7) is 2.10. The molecule has 1 aromatic heterocycles. The van der Waals surface area contributed by atoms with Crippen LogP contribution in [0.2, 0.25) is 0 Å². The van der Waals surface area contributed by atoms with Crippen molar-refractivity contribution in [2.75, 3.05) is 7.05 Å². The summed E-state index contributed by atoms with van der Waals surface area (Å²) in [5, 5.41) is 0. The lowest BCUT2D eigenvalue weighted by Crippen LogP contribution is -2.07. The molecular formula is C14H14N2. The first-order valence-electron chi connectivity index (χ1n) is 5.54. The zero-order valence-electron chi connectivity index (χ0n) is 9.35. The van der Waals surface area contributed by atoms with Crippen molar-refractivity contribution >= 4 is 0 Å². The topological polar surface area (TPSA) is 16.1 Å². The van der Waals surface area contributed by atoms with Crippen LogP contribution in [0.3, 0.4) is 0 Å². The molecule has 0 spiro atoms. The van der Waals surface area contributed by atoms with Crippen molar-refractivity contribution in [1.29, 1.82) is 0 Å². The molecule has 2 aromatic rings. The Labute approximate surface area is 95.6 Å². The van der Waals surface area contributed by atoms with E-state index in [1.807, 2.05) is 18.5 Å². The highest BCUT2D eigenvalue weighted by atomic mass is 15.1. The molecule has 1 aliphatic heterocycles. The molecule has 16 heavy (non-hydrogen) atoms. The predicted molar refractivity (Wildman–Crippen MR) is 64.8 cm³/mol. The number of benzene rings is 1. The number of hydrogen-bond donors (Lipinski definition) is 0. The van der Waals surface area contributed by atoms with E-state index in [9.17, 15) is 0 Å². The molecule has 0 fully saturated rings. The van der Waals surface area contributed by atoms with Crippen LogP contribution in [0.25, 0.3) is 11.1 Å². The van der Waals surface area contributed by atoms with Gasteiger partial charge in [0.2, 0.25) is 0 Å². The van der Waals surface area contributed by atoms with E-state index < -0.39 is 0 Å². The number of aromatic nitrogens is 1. The third kappa shape index (κ3) is 1.51. The van der Waals surface area contributed by atoms with Crippen LogP contribution in [0.15, 0.2) is 42.7 Å². The molecule has 0 radical (unpaired) electrons. The second-order valence-electron chi connectivity index (χ2n) is 4.36. The molecule has 0 amide bonds. The Bertz CT molecular complexity index is 505. The fraction of sp³-hybridized carbons (Fsp3) is 0.214. The predicted octanol–water partition coefficient (Wildman–Crippen LogP) is 2.69. The molecule has 0 bridgehead atoms. The molecule has 0 saturated carbocycles. The number of rotatable bonds is 1. The van der Waals surface area contributed by atoms with Crippen LogP contribution in [0.4, 0.5) is 0 Å². The molecule has 0 aliphatic carbocycles. The van der Waals surface area contributed by atoms with Crippen LogP contribution in [0.5, 0.6) is 0 Å². The van der Waals surface area contributed by atoms with Gasteiger partial charge < -0.3 is 0 Å². The summed E-state index contributed by atoms with van der Waals surface area (Å²) in [6, 6.07) is 10.7. The largest absolute Gasteiger partial charge is 0.298 e. The Morgan fingerprint density at radius 3 is 2.88 bits per heavy atom. The van der Waals surface area contributed by atoms with Crippen LogP contribution < -0.4 is 0 Å². The average Bonchev–Trinajstić information content (AvgIpc) is 2.70. The molecule has 2 nitrogen and oxygen atoms in total. The number of hydrogen-bond acceptors (Lipinski definition) is 2. The molecule has 0 unspecified atom stereocenters. The lowest BCUT2D eigenvalue weighted by molar-refractivity contribution is 0.353. The summed E-state index contributed by atoms with van der Waals surface area (Å²) in [4.78, 5) is 6.53. The minimum absolute atomic E-state index is 1.04. The summed E-state index contributed by atoms with van der Waals surface area (Å²) in [5.74, 6) is 0. The summed E-state index contributed by atoms with van der Waals surface area (Å²) >= 11 is 0. The van der Waals surface area contributed by atoms with Gasteiger partial charge in [-0.15, -0.1) is 0 Å². The van der Waals surface area contributed by atoms with Crippen molar-refractivity contribution in [2.24, 2.45) is 0 Å². The van der Waals surface area contributed by atoms with Crippen LogP contribution in [-0.4, -0.2) is 16.9 Å². The van der Waals surface area contributed by atoms with E-state index in [0.717, 1.165) is 13.1 Å². The Kier molecular flexibility index (Phi) is 2.22. The van der Waals surface area contributed by atoms with Crippen molar-refractivity contribution in [3.05, 3.63) is 53.9 Å². The van der Waals surface area contributed by atoms with Gasteiger partial charge in [0.15, 0.2) is 0 Å². The van der Waals surface area contributed by atoms with Gasteiger partial charge in [-0.2, -0.15) is 0 Å².